The van der Waals surface area contributed by atoms with Crippen LogP contribution in [0.3, 0.4) is 0 Å². The minimum absolute atomic E-state index is 0.100. The Morgan fingerprint density at radius 1 is 1.50 bits per heavy atom. The molecule has 0 N–H and O–H groups in total. The van der Waals surface area contributed by atoms with Crippen LogP contribution in [0.2, 0.25) is 0 Å². The first-order valence-corrected chi connectivity index (χ1v) is 3.89. The minimum Gasteiger partial charge on any atom is -0.464 e. The highest BCUT2D eigenvalue weighted by molar-refractivity contribution is 6.43. The van der Waals surface area contributed by atoms with Gasteiger partial charge in [0, 0.05) is 18.0 Å². The fourth-order valence-electron chi connectivity index (χ4n) is 0.899. The molecule has 0 aliphatic carbocycles. The van der Waals surface area contributed by atoms with Crippen LogP contribution in [0, 0.1) is 0 Å². The number of hydrogen-bond acceptors (Lipinski definition) is 5. The number of hydrogen-bond donors (Lipinski definition) is 0. The van der Waals surface area contributed by atoms with Crippen molar-refractivity contribution < 1.29 is 14.4 Å². The summed E-state index contributed by atoms with van der Waals surface area (Å²) in [6.45, 7) is 0. The Morgan fingerprint density at radius 2 is 2.29 bits per heavy atom. The Kier molecular flexibility index (Phi) is 3.60. The largest absolute Gasteiger partial charge is 0.464 e. The number of methoxy groups -OCH3 is 1. The molecule has 0 bridgehead atoms. The fraction of sp³-hybridized carbons (Fsp3) is 0.222. The Bertz CT molecular complexity index is 335. The van der Waals surface area contributed by atoms with E-state index in [0.29, 0.717) is 5.56 Å². The third kappa shape index (κ3) is 2.29. The lowest BCUT2D eigenvalue weighted by Gasteiger charge is -2.02. The molecule has 0 radical (unpaired) electrons. The molecule has 0 aliphatic rings. The van der Waals surface area contributed by atoms with E-state index in [1.54, 1.807) is 18.3 Å². The van der Waals surface area contributed by atoms with Crippen LogP contribution >= 0.6 is 0 Å². The second-order valence-electron chi connectivity index (χ2n) is 2.36. The summed E-state index contributed by atoms with van der Waals surface area (Å²) in [7, 11) is 2.64. The van der Waals surface area contributed by atoms with E-state index < -0.39 is 5.97 Å². The maximum Gasteiger partial charge on any atom is 0.360 e. The quantitative estimate of drug-likeness (QED) is 0.401. The van der Waals surface area contributed by atoms with Crippen LogP contribution in [0.1, 0.15) is 5.56 Å². The fourth-order valence-corrected chi connectivity index (χ4v) is 0.899. The smallest absolute Gasteiger partial charge is 0.360 e. The summed E-state index contributed by atoms with van der Waals surface area (Å²) >= 11 is 0. The molecule has 5 nitrogen and oxygen atoms in total. The zero-order chi connectivity index (χ0) is 10.4. The average molecular weight is 194 g/mol. The van der Waals surface area contributed by atoms with Gasteiger partial charge in [-0.2, -0.15) is 0 Å². The number of pyridine rings is 1. The first-order valence-electron chi connectivity index (χ1n) is 3.89. The third-order valence-electron chi connectivity index (χ3n) is 1.50. The Morgan fingerprint density at radius 3 is 2.79 bits per heavy atom. The van der Waals surface area contributed by atoms with Crippen molar-refractivity contribution >= 4 is 11.7 Å². The molecule has 0 unspecified atom stereocenters. The Balaban J connectivity index is 3.02. The number of esters is 1. The van der Waals surface area contributed by atoms with Gasteiger partial charge in [-0.05, 0) is 12.1 Å². The van der Waals surface area contributed by atoms with Crippen molar-refractivity contribution in [3.05, 3.63) is 30.1 Å². The topological polar surface area (TPSA) is 60.8 Å². The zero-order valence-electron chi connectivity index (χ0n) is 7.93. The lowest BCUT2D eigenvalue weighted by atomic mass is 10.2. The van der Waals surface area contributed by atoms with Crippen LogP contribution in [0.25, 0.3) is 0 Å². The molecule has 0 aromatic carbocycles. The van der Waals surface area contributed by atoms with E-state index in [2.05, 4.69) is 19.7 Å². The Hall–Kier alpha value is -1.91. The maximum absolute atomic E-state index is 11.2. The van der Waals surface area contributed by atoms with Crippen molar-refractivity contribution in [2.45, 2.75) is 0 Å². The van der Waals surface area contributed by atoms with Crippen molar-refractivity contribution in [3.8, 4) is 0 Å². The number of aromatic nitrogens is 1. The SMILES string of the molecule is CON=C(C(=O)OC)c1cccnc1. The molecule has 0 aliphatic heterocycles. The highest BCUT2D eigenvalue weighted by Gasteiger charge is 2.15. The van der Waals surface area contributed by atoms with E-state index in [1.165, 1.54) is 20.4 Å². The number of nitrogens with zero attached hydrogens (tertiary/aromatic N) is 2. The zero-order valence-corrected chi connectivity index (χ0v) is 7.93. The molecule has 0 saturated carbocycles. The van der Waals surface area contributed by atoms with Crippen molar-refractivity contribution in [2.75, 3.05) is 14.2 Å². The van der Waals surface area contributed by atoms with Crippen LogP contribution in [-0.4, -0.2) is 30.9 Å². The van der Waals surface area contributed by atoms with Crippen LogP contribution in [0.4, 0.5) is 0 Å². The summed E-state index contributed by atoms with van der Waals surface area (Å²) in [5.41, 5.74) is 0.657. The normalized spacial score (nSPS) is 10.9. The molecular weight excluding hydrogens is 184 g/mol. The van der Waals surface area contributed by atoms with Crippen LogP contribution < -0.4 is 0 Å². The summed E-state index contributed by atoms with van der Waals surface area (Å²) in [5, 5.41) is 3.57. The number of ether oxygens (including phenoxy) is 1. The number of carbonyl (C=O) groups is 1. The van der Waals surface area contributed by atoms with Crippen LogP contribution in [0.15, 0.2) is 29.7 Å². The molecule has 1 heterocycles. The van der Waals surface area contributed by atoms with Crippen LogP contribution in [-0.2, 0) is 14.4 Å². The highest BCUT2D eigenvalue weighted by Crippen LogP contribution is 2.01. The first kappa shape index (κ1) is 10.2. The van der Waals surface area contributed by atoms with Gasteiger partial charge >= 0.3 is 5.97 Å². The standard InChI is InChI=1S/C9H10N2O3/c1-13-9(12)8(11-14-2)7-4-3-5-10-6-7/h3-6H,1-2H3. The molecule has 14 heavy (non-hydrogen) atoms. The van der Waals surface area contributed by atoms with Gasteiger partial charge in [-0.15, -0.1) is 0 Å². The van der Waals surface area contributed by atoms with Crippen LogP contribution in [0.5, 0.6) is 0 Å². The van der Waals surface area contributed by atoms with Crippen molar-refractivity contribution in [2.24, 2.45) is 5.16 Å². The van der Waals surface area contributed by atoms with Gasteiger partial charge in [0.25, 0.3) is 0 Å². The van der Waals surface area contributed by atoms with Gasteiger partial charge in [0.05, 0.1) is 7.11 Å². The summed E-state index contributed by atoms with van der Waals surface area (Å²) in [6.07, 6.45) is 3.11. The van der Waals surface area contributed by atoms with E-state index >= 15 is 0 Å². The number of oxime groups is 1. The van der Waals surface area contributed by atoms with Gasteiger partial charge in [-0.3, -0.25) is 4.98 Å². The molecule has 74 valence electrons. The molecule has 0 atom stereocenters. The van der Waals surface area contributed by atoms with E-state index in [-0.39, 0.29) is 5.71 Å². The third-order valence-corrected chi connectivity index (χ3v) is 1.50. The number of rotatable bonds is 3. The van der Waals surface area contributed by atoms with E-state index in [4.69, 9.17) is 0 Å². The van der Waals surface area contributed by atoms with Gasteiger partial charge in [0.15, 0.2) is 5.71 Å². The second-order valence-corrected chi connectivity index (χ2v) is 2.36. The van der Waals surface area contributed by atoms with Crippen molar-refractivity contribution in [3.63, 3.8) is 0 Å². The molecule has 1 aromatic heterocycles. The van der Waals surface area contributed by atoms with E-state index in [1.807, 2.05) is 0 Å². The van der Waals surface area contributed by atoms with Gasteiger partial charge in [-0.25, -0.2) is 4.79 Å². The molecular formula is C9H10N2O3. The Labute approximate surface area is 81.3 Å². The maximum atomic E-state index is 11.2. The van der Waals surface area contributed by atoms with Gasteiger partial charge in [0.1, 0.15) is 7.11 Å². The second kappa shape index (κ2) is 4.96. The molecule has 1 aromatic rings. The molecule has 0 fully saturated rings. The molecule has 5 heteroatoms. The average Bonchev–Trinajstić information content (AvgIpc) is 2.26. The van der Waals surface area contributed by atoms with E-state index in [0.717, 1.165) is 0 Å². The minimum atomic E-state index is -0.556. The molecule has 0 amide bonds. The summed E-state index contributed by atoms with van der Waals surface area (Å²) < 4.78 is 4.54. The van der Waals surface area contributed by atoms with Gasteiger partial charge < -0.3 is 9.57 Å². The molecule has 0 saturated heterocycles. The lowest BCUT2D eigenvalue weighted by molar-refractivity contribution is -0.132. The monoisotopic (exact) mass is 194 g/mol. The summed E-state index contributed by atoms with van der Waals surface area (Å²) in [5.74, 6) is -0.556. The molecule has 0 spiro atoms. The predicted molar refractivity (Wildman–Crippen MR) is 49.8 cm³/mol. The summed E-state index contributed by atoms with van der Waals surface area (Å²) in [4.78, 5) is 19.6. The van der Waals surface area contributed by atoms with Crippen molar-refractivity contribution in [1.29, 1.82) is 0 Å². The lowest BCUT2D eigenvalue weighted by Crippen LogP contribution is -2.17. The molecule has 1 rings (SSSR count). The summed E-state index contributed by atoms with van der Waals surface area (Å²) in [6, 6.07) is 3.39. The number of carbonyl (C=O) groups excluding carboxylic acids is 1. The van der Waals surface area contributed by atoms with E-state index in [9.17, 15) is 4.79 Å². The van der Waals surface area contributed by atoms with Gasteiger partial charge in [0.2, 0.25) is 0 Å². The first-order chi connectivity index (χ1) is 6.79. The highest BCUT2D eigenvalue weighted by atomic mass is 16.6. The predicted octanol–water partition coefficient (Wildman–Crippen LogP) is 0.605. The van der Waals surface area contributed by atoms with Gasteiger partial charge in [-0.1, -0.05) is 5.16 Å². The van der Waals surface area contributed by atoms with Crippen molar-refractivity contribution in [1.82, 2.24) is 4.98 Å².